The lowest BCUT2D eigenvalue weighted by Crippen LogP contribution is -2.49. The highest BCUT2D eigenvalue weighted by Gasteiger charge is 2.65. The van der Waals surface area contributed by atoms with E-state index >= 15 is 0 Å². The second kappa shape index (κ2) is 4.27. The van der Waals surface area contributed by atoms with Gasteiger partial charge in [-0.05, 0) is 37.5 Å². The van der Waals surface area contributed by atoms with Crippen LogP contribution < -0.4 is 0 Å². The number of carbonyl (C=O) groups excluding carboxylic acids is 1. The summed E-state index contributed by atoms with van der Waals surface area (Å²) < 4.78 is 29.9. The molecule has 0 amide bonds. The predicted octanol–water partition coefficient (Wildman–Crippen LogP) is 1.74. The van der Waals surface area contributed by atoms with Crippen LogP contribution in [0.1, 0.15) is 46.5 Å². The number of hydrogen-bond acceptors (Lipinski definition) is 5. The summed E-state index contributed by atoms with van der Waals surface area (Å²) in [4.78, 5) is 12.4. The first-order valence-corrected chi connectivity index (χ1v) is 8.98. The Labute approximate surface area is 120 Å². The fourth-order valence-corrected chi connectivity index (χ4v) is 6.03. The van der Waals surface area contributed by atoms with Crippen molar-refractivity contribution >= 4 is 15.9 Å². The van der Waals surface area contributed by atoms with Gasteiger partial charge in [0.05, 0.1) is 11.2 Å². The van der Waals surface area contributed by atoms with Crippen LogP contribution in [0.15, 0.2) is 0 Å². The van der Waals surface area contributed by atoms with E-state index in [-0.39, 0.29) is 23.0 Å². The van der Waals surface area contributed by atoms with Gasteiger partial charge in [-0.15, -0.1) is 0 Å². The van der Waals surface area contributed by atoms with E-state index in [1.54, 1.807) is 0 Å². The molecule has 0 radical (unpaired) electrons. The Morgan fingerprint density at radius 1 is 1.35 bits per heavy atom. The van der Waals surface area contributed by atoms with Crippen LogP contribution in [-0.2, 0) is 19.2 Å². The summed E-state index contributed by atoms with van der Waals surface area (Å²) in [5, 5.41) is 1.50. The van der Waals surface area contributed by atoms with Crippen molar-refractivity contribution in [1.29, 1.82) is 0 Å². The molecular formula is C14H23NO4S. The second-order valence-corrected chi connectivity index (χ2v) is 8.77. The van der Waals surface area contributed by atoms with Gasteiger partial charge in [-0.2, -0.15) is 17.8 Å². The fraction of sp³-hybridized carbons (Fsp3) is 0.929. The van der Waals surface area contributed by atoms with Gasteiger partial charge in [-0.1, -0.05) is 13.8 Å². The summed E-state index contributed by atoms with van der Waals surface area (Å²) in [6.07, 6.45) is 3.12. The van der Waals surface area contributed by atoms with Crippen molar-refractivity contribution in [3.05, 3.63) is 0 Å². The smallest absolute Gasteiger partial charge is 0.284 e. The minimum absolute atomic E-state index is 0.114. The van der Waals surface area contributed by atoms with Gasteiger partial charge in [0.1, 0.15) is 5.78 Å². The highest BCUT2D eigenvalue weighted by Crippen LogP contribution is 2.64. The molecule has 0 spiro atoms. The molecule has 2 aliphatic carbocycles. The summed E-state index contributed by atoms with van der Waals surface area (Å²) in [6.45, 7) is 6.66. The van der Waals surface area contributed by atoms with Crippen LogP contribution in [0, 0.1) is 16.7 Å². The van der Waals surface area contributed by atoms with Crippen molar-refractivity contribution < 1.29 is 17.5 Å². The molecule has 114 valence electrons. The molecule has 5 nitrogen and oxygen atoms in total. The minimum Gasteiger partial charge on any atom is -0.299 e. The van der Waals surface area contributed by atoms with Crippen molar-refractivity contribution in [3.63, 3.8) is 0 Å². The van der Waals surface area contributed by atoms with Gasteiger partial charge in [0.25, 0.3) is 10.1 Å². The van der Waals surface area contributed by atoms with E-state index in [9.17, 15) is 13.2 Å². The van der Waals surface area contributed by atoms with E-state index in [1.165, 1.54) is 5.06 Å². The van der Waals surface area contributed by atoms with Crippen molar-refractivity contribution in [1.82, 2.24) is 5.06 Å². The number of carbonyl (C=O) groups is 1. The molecule has 2 bridgehead atoms. The third-order valence-corrected chi connectivity index (χ3v) is 7.30. The fourth-order valence-electron chi connectivity index (χ4n) is 4.19. The lowest BCUT2D eigenvalue weighted by atomic mass is 9.70. The Bertz CT molecular complexity index is 541. The van der Waals surface area contributed by atoms with Crippen LogP contribution in [0.25, 0.3) is 0 Å². The van der Waals surface area contributed by atoms with Crippen LogP contribution in [0.5, 0.6) is 0 Å². The number of rotatable bonds is 4. The second-order valence-electron chi connectivity index (χ2n) is 7.22. The molecule has 3 unspecified atom stereocenters. The minimum atomic E-state index is -3.70. The van der Waals surface area contributed by atoms with Crippen LogP contribution in [0.2, 0.25) is 0 Å². The van der Waals surface area contributed by atoms with Crippen molar-refractivity contribution in [3.8, 4) is 0 Å². The molecule has 20 heavy (non-hydrogen) atoms. The number of hydroxylamine groups is 2. The number of hydrogen-bond donors (Lipinski definition) is 0. The molecule has 1 saturated heterocycles. The predicted molar refractivity (Wildman–Crippen MR) is 74.2 cm³/mol. The summed E-state index contributed by atoms with van der Waals surface area (Å²) in [5.41, 5.74) is -0.967. The summed E-state index contributed by atoms with van der Waals surface area (Å²) in [6, 6.07) is 0.144. The molecule has 6 heteroatoms. The van der Waals surface area contributed by atoms with E-state index in [0.29, 0.717) is 25.3 Å². The maximum Gasteiger partial charge on any atom is 0.284 e. The average molecular weight is 301 g/mol. The van der Waals surface area contributed by atoms with E-state index in [0.717, 1.165) is 12.8 Å². The molecule has 0 aromatic heterocycles. The van der Waals surface area contributed by atoms with Gasteiger partial charge in [0, 0.05) is 19.0 Å². The Morgan fingerprint density at radius 2 is 2.05 bits per heavy atom. The van der Waals surface area contributed by atoms with Gasteiger partial charge < -0.3 is 0 Å². The van der Waals surface area contributed by atoms with Gasteiger partial charge in [-0.25, -0.2) is 0 Å². The highest BCUT2D eigenvalue weighted by atomic mass is 32.2. The molecule has 3 fully saturated rings. The van der Waals surface area contributed by atoms with Crippen LogP contribution in [0.4, 0.5) is 0 Å². The van der Waals surface area contributed by atoms with Crippen LogP contribution >= 0.6 is 0 Å². The molecule has 2 saturated carbocycles. The number of ketones is 1. The Balaban J connectivity index is 1.81. The monoisotopic (exact) mass is 301 g/mol. The topological polar surface area (TPSA) is 63.7 Å². The number of fused-ring (bicyclic) bond motifs is 2. The van der Waals surface area contributed by atoms with Gasteiger partial charge >= 0.3 is 0 Å². The van der Waals surface area contributed by atoms with Gasteiger partial charge in [-0.3, -0.25) is 4.79 Å². The number of Topliss-reactive ketones (excluding diaryl/α,β-unsaturated/α-hetero) is 1. The Hall–Kier alpha value is -0.460. The first-order valence-electron chi connectivity index (χ1n) is 7.40. The van der Waals surface area contributed by atoms with Crippen molar-refractivity contribution in [2.24, 2.45) is 16.7 Å². The zero-order valence-corrected chi connectivity index (χ0v) is 13.2. The zero-order chi connectivity index (χ0) is 14.8. The molecule has 1 aliphatic heterocycles. The quantitative estimate of drug-likeness (QED) is 0.791. The summed E-state index contributed by atoms with van der Waals surface area (Å²) >= 11 is 0. The van der Waals surface area contributed by atoms with Gasteiger partial charge in [0.15, 0.2) is 0 Å². The molecule has 3 aliphatic rings. The summed E-state index contributed by atoms with van der Waals surface area (Å²) in [5.74, 6) is 0.279. The van der Waals surface area contributed by atoms with Crippen molar-refractivity contribution in [2.45, 2.75) is 52.5 Å². The third-order valence-electron chi connectivity index (χ3n) is 6.03. The van der Waals surface area contributed by atoms with Crippen LogP contribution in [0.3, 0.4) is 0 Å². The maximum absolute atomic E-state index is 12.4. The normalized spacial score (nSPS) is 40.0. The first-order chi connectivity index (χ1) is 9.18. The summed E-state index contributed by atoms with van der Waals surface area (Å²) in [7, 11) is -3.70. The highest BCUT2D eigenvalue weighted by molar-refractivity contribution is 7.86. The third kappa shape index (κ3) is 1.88. The molecule has 0 N–H and O–H groups in total. The van der Waals surface area contributed by atoms with E-state index < -0.39 is 15.5 Å². The largest absolute Gasteiger partial charge is 0.299 e. The Kier molecular flexibility index (Phi) is 3.09. The average Bonchev–Trinajstić information content (AvgIpc) is 2.68. The molecule has 3 atom stereocenters. The van der Waals surface area contributed by atoms with E-state index in [2.05, 4.69) is 0 Å². The van der Waals surface area contributed by atoms with Crippen molar-refractivity contribution in [2.75, 3.05) is 12.3 Å². The lowest BCUT2D eigenvalue weighted by Gasteiger charge is -2.39. The SMILES string of the molecule is CC1CCN1OS(=O)(=O)CC12CCC(CC1=O)C2(C)C. The zero-order valence-electron chi connectivity index (χ0n) is 12.4. The molecular weight excluding hydrogens is 278 g/mol. The van der Waals surface area contributed by atoms with Gasteiger partial charge in [0.2, 0.25) is 0 Å². The molecule has 1 heterocycles. The standard InChI is InChI=1S/C14H23NO4S/c1-10-5-7-15(10)19-20(17,18)9-14-6-4-11(8-12(14)16)13(14,2)3/h10-11H,4-9H2,1-3H3. The lowest BCUT2D eigenvalue weighted by molar-refractivity contribution is -0.143. The first kappa shape index (κ1) is 14.5. The Morgan fingerprint density at radius 3 is 2.45 bits per heavy atom. The maximum atomic E-state index is 12.4. The molecule has 3 rings (SSSR count). The number of nitrogens with zero attached hydrogens (tertiary/aromatic N) is 1. The van der Waals surface area contributed by atoms with E-state index in [4.69, 9.17) is 4.28 Å². The van der Waals surface area contributed by atoms with Crippen LogP contribution in [-0.4, -0.2) is 37.6 Å². The molecule has 0 aromatic rings. The molecule has 0 aromatic carbocycles. The van der Waals surface area contributed by atoms with E-state index in [1.807, 2.05) is 20.8 Å².